The van der Waals surface area contributed by atoms with E-state index in [1.165, 1.54) is 14.2 Å². The molecule has 2 aliphatic heterocycles. The summed E-state index contributed by atoms with van der Waals surface area (Å²) in [7, 11) is 2.51. The summed E-state index contributed by atoms with van der Waals surface area (Å²) in [6.45, 7) is 0. The third-order valence-electron chi connectivity index (χ3n) is 6.75. The van der Waals surface area contributed by atoms with Crippen molar-refractivity contribution in [1.82, 2.24) is 0 Å². The highest BCUT2D eigenvalue weighted by atomic mass is 16.6. The third kappa shape index (κ3) is 1.84. The highest BCUT2D eigenvalue weighted by Crippen LogP contribution is 2.67. The lowest BCUT2D eigenvalue weighted by Crippen LogP contribution is -2.68. The summed E-state index contributed by atoms with van der Waals surface area (Å²) in [5.74, 6) is -4.88. The molecule has 140 valence electrons. The molecular weight excluding hydrogens is 356 g/mol. The van der Waals surface area contributed by atoms with Crippen LogP contribution in [-0.4, -0.2) is 49.5 Å². The summed E-state index contributed by atoms with van der Waals surface area (Å²) in [5, 5.41) is 7.90. The van der Waals surface area contributed by atoms with E-state index in [0.29, 0.717) is 0 Å². The SMILES string of the molecule is COC(=O)C1=NN=C(C(=O)OC)C2C1C1C3C=CC(C4C(=O)OC(=O)C34)C21. The molecule has 0 spiro atoms. The van der Waals surface area contributed by atoms with Gasteiger partial charge >= 0.3 is 23.9 Å². The maximum atomic E-state index is 12.2. The zero-order valence-electron chi connectivity index (χ0n) is 14.5. The van der Waals surface area contributed by atoms with Crippen LogP contribution >= 0.6 is 0 Å². The normalized spacial score (nSPS) is 42.7. The average molecular weight is 372 g/mol. The van der Waals surface area contributed by atoms with Crippen LogP contribution in [0.25, 0.3) is 0 Å². The van der Waals surface area contributed by atoms with Crippen molar-refractivity contribution in [2.75, 3.05) is 14.2 Å². The Balaban J connectivity index is 1.61. The number of hydrogen-bond donors (Lipinski definition) is 0. The minimum absolute atomic E-state index is 0.113. The summed E-state index contributed by atoms with van der Waals surface area (Å²) in [5.41, 5.74) is 0.290. The van der Waals surface area contributed by atoms with E-state index < -0.39 is 47.5 Å². The molecule has 8 atom stereocenters. The molecule has 0 N–H and O–H groups in total. The molecule has 9 nitrogen and oxygen atoms in total. The molecule has 0 aromatic carbocycles. The van der Waals surface area contributed by atoms with Gasteiger partial charge in [-0.05, 0) is 23.7 Å². The molecule has 3 fully saturated rings. The van der Waals surface area contributed by atoms with E-state index in [1.54, 1.807) is 0 Å². The number of cyclic esters (lactones) is 2. The first kappa shape index (κ1) is 16.3. The largest absolute Gasteiger partial charge is 0.464 e. The molecule has 6 aliphatic rings. The zero-order valence-corrected chi connectivity index (χ0v) is 14.5. The van der Waals surface area contributed by atoms with Gasteiger partial charge in [-0.25, -0.2) is 9.59 Å². The predicted octanol–water partition coefficient (Wildman–Crippen LogP) is -0.247. The highest BCUT2D eigenvalue weighted by Gasteiger charge is 2.72. The van der Waals surface area contributed by atoms with E-state index in [9.17, 15) is 19.2 Å². The highest BCUT2D eigenvalue weighted by molar-refractivity contribution is 6.43. The first-order valence-electron chi connectivity index (χ1n) is 8.75. The number of ether oxygens (including phenoxy) is 3. The maximum absolute atomic E-state index is 12.2. The van der Waals surface area contributed by atoms with Crippen molar-refractivity contribution >= 4 is 35.3 Å². The van der Waals surface area contributed by atoms with Gasteiger partial charge in [0.2, 0.25) is 0 Å². The topological polar surface area (TPSA) is 121 Å². The first-order valence-corrected chi connectivity index (χ1v) is 8.75. The van der Waals surface area contributed by atoms with Gasteiger partial charge in [0.25, 0.3) is 0 Å². The molecule has 0 radical (unpaired) electrons. The van der Waals surface area contributed by atoms with Gasteiger partial charge in [-0.1, -0.05) is 12.2 Å². The predicted molar refractivity (Wildman–Crippen MR) is 87.1 cm³/mol. The fourth-order valence-corrected chi connectivity index (χ4v) is 5.87. The van der Waals surface area contributed by atoms with Gasteiger partial charge in [0.15, 0.2) is 11.4 Å². The fraction of sp³-hybridized carbons (Fsp3) is 0.556. The molecule has 6 rings (SSSR count). The van der Waals surface area contributed by atoms with Crippen molar-refractivity contribution in [3.05, 3.63) is 12.2 Å². The number of nitrogens with zero attached hydrogens (tertiary/aromatic N) is 2. The lowest BCUT2D eigenvalue weighted by molar-refractivity contribution is -0.154. The Morgan fingerprint density at radius 2 is 1.22 bits per heavy atom. The minimum atomic E-state index is -0.608. The summed E-state index contributed by atoms with van der Waals surface area (Å²) in [6, 6.07) is 0. The van der Waals surface area contributed by atoms with Crippen LogP contribution in [0.15, 0.2) is 22.4 Å². The number of methoxy groups -OCH3 is 2. The van der Waals surface area contributed by atoms with E-state index in [2.05, 4.69) is 10.2 Å². The molecule has 4 aliphatic carbocycles. The van der Waals surface area contributed by atoms with E-state index in [-0.39, 0.29) is 35.1 Å². The Morgan fingerprint density at radius 1 is 0.815 bits per heavy atom. The van der Waals surface area contributed by atoms with Crippen LogP contribution < -0.4 is 0 Å². The Bertz CT molecular complexity index is 818. The van der Waals surface area contributed by atoms with Crippen molar-refractivity contribution in [2.45, 2.75) is 0 Å². The fourth-order valence-electron chi connectivity index (χ4n) is 5.87. The molecule has 1 saturated heterocycles. The second kappa shape index (κ2) is 5.34. The minimum Gasteiger partial charge on any atom is -0.464 e. The summed E-state index contributed by atoms with van der Waals surface area (Å²) >= 11 is 0. The number of allylic oxidation sites excluding steroid dienone is 2. The molecule has 2 saturated carbocycles. The van der Waals surface area contributed by atoms with Gasteiger partial charge < -0.3 is 14.2 Å². The van der Waals surface area contributed by atoms with Gasteiger partial charge in [-0.15, -0.1) is 10.2 Å². The second-order valence-corrected chi connectivity index (χ2v) is 7.49. The van der Waals surface area contributed by atoms with Gasteiger partial charge in [0.1, 0.15) is 0 Å². The van der Waals surface area contributed by atoms with Crippen molar-refractivity contribution in [3.63, 3.8) is 0 Å². The monoisotopic (exact) mass is 372 g/mol. The Morgan fingerprint density at radius 3 is 1.59 bits per heavy atom. The quantitative estimate of drug-likeness (QED) is 0.284. The van der Waals surface area contributed by atoms with Crippen molar-refractivity contribution in [3.8, 4) is 0 Å². The number of carbonyl (C=O) groups is 4. The molecule has 9 heteroatoms. The molecule has 0 aromatic heterocycles. The van der Waals surface area contributed by atoms with Gasteiger partial charge in [0.05, 0.1) is 26.1 Å². The van der Waals surface area contributed by atoms with Gasteiger partial charge in [0, 0.05) is 11.8 Å². The maximum Gasteiger partial charge on any atom is 0.354 e. The molecule has 0 aromatic rings. The van der Waals surface area contributed by atoms with E-state index >= 15 is 0 Å². The van der Waals surface area contributed by atoms with Crippen LogP contribution in [0.1, 0.15) is 0 Å². The standard InChI is InChI=1S/C18H16N2O7/c1-25-17(23)13-11-7-5-3-4-6(10-9(5)15(21)27-16(10)22)8(7)12(11)14(20-19-13)18(24)26-2/h3-12H,1-2H3. The average Bonchev–Trinajstić information content (AvgIpc) is 2.98. The lowest BCUT2D eigenvalue weighted by atomic mass is 9.38. The van der Waals surface area contributed by atoms with Crippen molar-refractivity contribution in [2.24, 2.45) is 57.5 Å². The number of esters is 4. The van der Waals surface area contributed by atoms with E-state index in [1.807, 2.05) is 12.2 Å². The Hall–Kier alpha value is -2.84. The molecule has 27 heavy (non-hydrogen) atoms. The van der Waals surface area contributed by atoms with Crippen LogP contribution in [-0.2, 0) is 33.4 Å². The summed E-state index contributed by atoms with van der Waals surface area (Å²) in [6.07, 6.45) is 3.86. The van der Waals surface area contributed by atoms with E-state index in [4.69, 9.17) is 14.2 Å². The van der Waals surface area contributed by atoms with E-state index in [0.717, 1.165) is 0 Å². The number of carbonyl (C=O) groups excluding carboxylic acids is 4. The third-order valence-corrected chi connectivity index (χ3v) is 6.75. The van der Waals surface area contributed by atoms with Crippen LogP contribution in [0.4, 0.5) is 0 Å². The molecule has 2 bridgehead atoms. The number of rotatable bonds is 2. The first-order chi connectivity index (χ1) is 13.0. The number of fused-ring (bicyclic) bond motifs is 1. The van der Waals surface area contributed by atoms with Crippen molar-refractivity contribution in [1.29, 1.82) is 0 Å². The number of hydrogen-bond acceptors (Lipinski definition) is 9. The Labute approximate surface area is 153 Å². The summed E-state index contributed by atoms with van der Waals surface area (Å²) < 4.78 is 14.6. The molecule has 2 heterocycles. The molecule has 8 unspecified atom stereocenters. The molecule has 0 amide bonds. The lowest BCUT2D eigenvalue weighted by Gasteiger charge is -2.63. The van der Waals surface area contributed by atoms with Crippen LogP contribution in [0.5, 0.6) is 0 Å². The second-order valence-electron chi connectivity index (χ2n) is 7.49. The van der Waals surface area contributed by atoms with Crippen LogP contribution in [0.3, 0.4) is 0 Å². The smallest absolute Gasteiger partial charge is 0.354 e. The molecular formula is C18H16N2O7. The zero-order chi connectivity index (χ0) is 19.0. The Kier molecular flexibility index (Phi) is 3.23. The van der Waals surface area contributed by atoms with Gasteiger partial charge in [-0.3, -0.25) is 9.59 Å². The summed E-state index contributed by atoms with van der Waals surface area (Å²) in [4.78, 5) is 48.9. The van der Waals surface area contributed by atoms with Crippen molar-refractivity contribution < 1.29 is 33.4 Å². The van der Waals surface area contributed by atoms with Crippen LogP contribution in [0.2, 0.25) is 0 Å². The van der Waals surface area contributed by atoms with Crippen LogP contribution in [0, 0.1) is 47.3 Å². The van der Waals surface area contributed by atoms with Gasteiger partial charge in [-0.2, -0.15) is 0 Å².